The third-order valence-corrected chi connectivity index (χ3v) is 1.18. The van der Waals surface area contributed by atoms with Crippen LogP contribution in [0.5, 0.6) is 0 Å². The summed E-state index contributed by atoms with van der Waals surface area (Å²) in [4.78, 5) is 0. The van der Waals surface area contributed by atoms with E-state index in [-0.39, 0.29) is 20.4 Å². The van der Waals surface area contributed by atoms with Crippen LogP contribution in [0.1, 0.15) is 12.5 Å². The van der Waals surface area contributed by atoms with Gasteiger partial charge in [0.25, 0.3) is 0 Å². The van der Waals surface area contributed by atoms with E-state index in [1.807, 2.05) is 18.2 Å². The first-order valence-electron chi connectivity index (χ1n) is 3.15. The fourth-order valence-electron chi connectivity index (χ4n) is 0.650. The van der Waals surface area contributed by atoms with Crippen molar-refractivity contribution in [3.63, 3.8) is 0 Å². The summed E-state index contributed by atoms with van der Waals surface area (Å²) in [5.74, 6) is 0. The van der Waals surface area contributed by atoms with E-state index in [1.165, 1.54) is 5.56 Å². The van der Waals surface area contributed by atoms with Crippen LogP contribution in [0, 0.1) is 12.4 Å². The number of hydrogen-bond acceptors (Lipinski definition) is 0. The summed E-state index contributed by atoms with van der Waals surface area (Å²) in [6, 6.07) is 11.1. The van der Waals surface area contributed by atoms with E-state index >= 15 is 0 Å². The number of aryl methyl sites for hydroxylation is 1. The van der Waals surface area contributed by atoms with Gasteiger partial charge in [-0.15, -0.1) is 0 Å². The van der Waals surface area contributed by atoms with E-state index in [9.17, 15) is 0 Å². The van der Waals surface area contributed by atoms with Gasteiger partial charge in [0, 0.05) is 0 Å². The monoisotopic (exact) mass is 260 g/mol. The first kappa shape index (κ1) is 13.7. The molecule has 1 aromatic rings. The van der Waals surface area contributed by atoms with E-state index in [0.29, 0.717) is 0 Å². The average Bonchev–Trinajstić information content (AvgIpc) is 2.10. The van der Waals surface area contributed by atoms with Gasteiger partial charge in [-0.2, -0.15) is 35.9 Å². The van der Waals surface area contributed by atoms with Crippen molar-refractivity contribution in [1.29, 1.82) is 0 Å². The van der Waals surface area contributed by atoms with Crippen molar-refractivity contribution in [3.8, 4) is 0 Å². The number of rotatable bonds is 1. The summed E-state index contributed by atoms with van der Waals surface area (Å²) in [7, 11) is 0. The van der Waals surface area contributed by atoms with Crippen LogP contribution in [0.2, 0.25) is 0 Å². The molecule has 0 amide bonds. The Balaban J connectivity index is 0. The maximum atomic E-state index is 4.39. The fraction of sp³-hybridized carbons (Fsp3) is 0.222. The number of benzene rings is 1. The van der Waals surface area contributed by atoms with Crippen LogP contribution < -0.4 is 0 Å². The molecule has 0 aliphatic rings. The SMILES string of the molecule is CCc1c[c-]ccc1.[CH2-]Cl.[Pd+2]. The Bertz CT molecular complexity index is 151. The molecule has 0 bridgehead atoms. The van der Waals surface area contributed by atoms with Crippen molar-refractivity contribution in [3.05, 3.63) is 42.3 Å². The van der Waals surface area contributed by atoms with Gasteiger partial charge in [0.1, 0.15) is 0 Å². The van der Waals surface area contributed by atoms with Crippen LogP contribution in [0.15, 0.2) is 24.3 Å². The molecule has 0 saturated carbocycles. The second kappa shape index (κ2) is 10.2. The van der Waals surface area contributed by atoms with E-state index < -0.39 is 0 Å². The van der Waals surface area contributed by atoms with Crippen molar-refractivity contribution in [2.75, 3.05) is 0 Å². The van der Waals surface area contributed by atoms with Gasteiger partial charge in [-0.3, -0.25) is 6.38 Å². The van der Waals surface area contributed by atoms with Gasteiger partial charge in [-0.05, 0) is 0 Å². The van der Waals surface area contributed by atoms with Gasteiger partial charge in [0.15, 0.2) is 0 Å². The van der Waals surface area contributed by atoms with Crippen LogP contribution in [-0.4, -0.2) is 0 Å². The second-order valence-corrected chi connectivity index (χ2v) is 1.77. The fourth-order valence-corrected chi connectivity index (χ4v) is 0.650. The molecule has 1 rings (SSSR count). The molecule has 64 valence electrons. The molecular formula is C9H11ClPd. The summed E-state index contributed by atoms with van der Waals surface area (Å²) >= 11 is 4.39. The number of halogens is 1. The van der Waals surface area contributed by atoms with Crippen molar-refractivity contribution >= 4 is 11.6 Å². The zero-order valence-corrected chi connectivity index (χ0v) is 8.73. The molecule has 2 heteroatoms. The van der Waals surface area contributed by atoms with Gasteiger partial charge in [-0.1, -0.05) is 13.3 Å². The third-order valence-electron chi connectivity index (χ3n) is 1.18. The minimum Gasteiger partial charge on any atom is -0.352 e. The Morgan fingerprint density at radius 3 is 2.45 bits per heavy atom. The van der Waals surface area contributed by atoms with Gasteiger partial charge in [0.05, 0.1) is 0 Å². The summed E-state index contributed by atoms with van der Waals surface area (Å²) in [6.07, 6.45) is 3.83. The molecule has 0 aliphatic heterocycles. The van der Waals surface area contributed by atoms with Gasteiger partial charge >= 0.3 is 20.4 Å². The average molecular weight is 261 g/mol. The van der Waals surface area contributed by atoms with Crippen LogP contribution in [0.25, 0.3) is 0 Å². The van der Waals surface area contributed by atoms with Gasteiger partial charge < -0.3 is 11.6 Å². The van der Waals surface area contributed by atoms with Crippen LogP contribution in [-0.2, 0) is 26.8 Å². The Kier molecular flexibility index (Phi) is 12.7. The molecule has 0 heterocycles. The van der Waals surface area contributed by atoms with E-state index in [0.717, 1.165) is 6.42 Å². The second-order valence-electron chi connectivity index (χ2n) is 1.77. The molecule has 0 radical (unpaired) electrons. The molecule has 0 fully saturated rings. The standard InChI is InChI=1S/C8H9.CH2Cl.Pd/c1-2-8-6-4-3-5-7-8;1-2;/h3-4,6-7H,2H2,1H3;1H2;/q2*-1;+2. The van der Waals surface area contributed by atoms with Crippen LogP contribution in [0.3, 0.4) is 0 Å². The van der Waals surface area contributed by atoms with Crippen LogP contribution >= 0.6 is 11.6 Å². The zero-order chi connectivity index (χ0) is 7.82. The molecule has 0 unspecified atom stereocenters. The molecule has 0 saturated heterocycles. The molecule has 0 aromatic heterocycles. The molecule has 0 aliphatic carbocycles. The molecule has 1 aromatic carbocycles. The quantitative estimate of drug-likeness (QED) is 0.538. The van der Waals surface area contributed by atoms with Gasteiger partial charge in [-0.25, -0.2) is 0 Å². The maximum Gasteiger partial charge on any atom is 2.00 e. The topological polar surface area (TPSA) is 0 Å². The molecule has 0 nitrogen and oxygen atoms in total. The number of hydrogen-bond donors (Lipinski definition) is 0. The minimum atomic E-state index is 0. The molecule has 0 atom stereocenters. The smallest absolute Gasteiger partial charge is 0.352 e. The Morgan fingerprint density at radius 1 is 1.55 bits per heavy atom. The third kappa shape index (κ3) is 6.57. The molecular weight excluding hydrogens is 250 g/mol. The van der Waals surface area contributed by atoms with E-state index in [4.69, 9.17) is 0 Å². The van der Waals surface area contributed by atoms with Gasteiger partial charge in [0.2, 0.25) is 0 Å². The Morgan fingerprint density at radius 2 is 2.18 bits per heavy atom. The zero-order valence-electron chi connectivity index (χ0n) is 6.42. The molecule has 11 heavy (non-hydrogen) atoms. The first-order valence-corrected chi connectivity index (χ1v) is 3.68. The van der Waals surface area contributed by atoms with Crippen molar-refractivity contribution in [2.24, 2.45) is 0 Å². The summed E-state index contributed by atoms with van der Waals surface area (Å²) in [6.45, 7) is 2.14. The predicted molar refractivity (Wildman–Crippen MR) is 45.9 cm³/mol. The maximum absolute atomic E-state index is 4.39. The van der Waals surface area contributed by atoms with Crippen molar-refractivity contribution in [2.45, 2.75) is 13.3 Å². The van der Waals surface area contributed by atoms with Crippen molar-refractivity contribution in [1.82, 2.24) is 0 Å². The van der Waals surface area contributed by atoms with Crippen LogP contribution in [0.4, 0.5) is 0 Å². The van der Waals surface area contributed by atoms with Crippen molar-refractivity contribution < 1.29 is 20.4 Å². The largest absolute Gasteiger partial charge is 2.00 e. The predicted octanol–water partition coefficient (Wildman–Crippen LogP) is 3.06. The minimum absolute atomic E-state index is 0. The van der Waals surface area contributed by atoms with E-state index in [1.54, 1.807) is 0 Å². The normalized spacial score (nSPS) is 7.18. The van der Waals surface area contributed by atoms with E-state index in [2.05, 4.69) is 37.0 Å². The summed E-state index contributed by atoms with van der Waals surface area (Å²) in [5, 5.41) is 0. The Hall–Kier alpha value is 0.172. The summed E-state index contributed by atoms with van der Waals surface area (Å²) in [5.41, 5.74) is 1.35. The Labute approximate surface area is 87.6 Å². The summed E-state index contributed by atoms with van der Waals surface area (Å²) < 4.78 is 0. The molecule has 0 spiro atoms. The molecule has 0 N–H and O–H groups in total. The first-order chi connectivity index (χ1) is 4.93.